The Morgan fingerprint density at radius 2 is 2.12 bits per heavy atom. The standard InChI is InChI=1S/C17H24N4O3S.ClH/c1-20(10-5-9-16(22)21-11-4-6-13(18)12-21)17-14-7-2-3-8-15(14)25(23,24)19-17;/h2-3,7-8,13H,4-6,9-12,18H2,1H3;1H. The van der Waals surface area contributed by atoms with Gasteiger partial charge in [0.15, 0.2) is 0 Å². The van der Waals surface area contributed by atoms with Gasteiger partial charge in [-0.05, 0) is 31.4 Å². The van der Waals surface area contributed by atoms with E-state index in [2.05, 4.69) is 4.40 Å². The minimum Gasteiger partial charge on any atom is -0.358 e. The van der Waals surface area contributed by atoms with E-state index in [1.165, 1.54) is 0 Å². The smallest absolute Gasteiger partial charge is 0.285 e. The van der Waals surface area contributed by atoms with Crippen LogP contribution in [0.3, 0.4) is 0 Å². The maximum absolute atomic E-state index is 12.3. The lowest BCUT2D eigenvalue weighted by Gasteiger charge is -2.31. The molecule has 2 heterocycles. The molecule has 1 atom stereocenters. The molecule has 3 rings (SSSR count). The summed E-state index contributed by atoms with van der Waals surface area (Å²) >= 11 is 0. The lowest BCUT2D eigenvalue weighted by atomic mass is 10.1. The van der Waals surface area contributed by atoms with Crippen molar-refractivity contribution >= 4 is 34.2 Å². The molecule has 2 aliphatic rings. The molecule has 0 radical (unpaired) electrons. The summed E-state index contributed by atoms with van der Waals surface area (Å²) in [7, 11) is -1.80. The molecule has 1 unspecified atom stereocenters. The van der Waals surface area contributed by atoms with Crippen LogP contribution in [0.1, 0.15) is 31.2 Å². The van der Waals surface area contributed by atoms with Gasteiger partial charge in [-0.1, -0.05) is 12.1 Å². The Morgan fingerprint density at radius 3 is 2.85 bits per heavy atom. The van der Waals surface area contributed by atoms with Crippen molar-refractivity contribution in [3.63, 3.8) is 0 Å². The van der Waals surface area contributed by atoms with Gasteiger partial charge >= 0.3 is 0 Å². The third-order valence-electron chi connectivity index (χ3n) is 4.67. The van der Waals surface area contributed by atoms with Crippen LogP contribution in [0, 0.1) is 0 Å². The third-order valence-corrected chi connectivity index (χ3v) is 5.99. The molecule has 1 fully saturated rings. The zero-order valence-corrected chi connectivity index (χ0v) is 16.4. The normalized spacial score (nSPS) is 20.8. The molecule has 0 aliphatic carbocycles. The molecule has 1 saturated heterocycles. The number of halogens is 1. The summed E-state index contributed by atoms with van der Waals surface area (Å²) in [6, 6.07) is 6.89. The zero-order valence-electron chi connectivity index (χ0n) is 14.8. The number of carbonyl (C=O) groups is 1. The monoisotopic (exact) mass is 400 g/mol. The molecule has 9 heteroatoms. The van der Waals surface area contributed by atoms with Crippen molar-refractivity contribution in [3.8, 4) is 0 Å². The third kappa shape index (κ3) is 4.36. The number of fused-ring (bicyclic) bond motifs is 1. The number of amides is 1. The number of amidine groups is 1. The molecule has 1 amide bonds. The predicted molar refractivity (Wildman–Crippen MR) is 103 cm³/mol. The second-order valence-corrected chi connectivity index (χ2v) is 8.23. The molecular formula is C17H25ClN4O3S. The van der Waals surface area contributed by atoms with Gasteiger partial charge in [-0.3, -0.25) is 4.79 Å². The molecule has 2 aliphatic heterocycles. The number of piperidine rings is 1. The van der Waals surface area contributed by atoms with E-state index in [0.717, 1.165) is 19.4 Å². The Hall–Kier alpha value is -1.64. The molecular weight excluding hydrogens is 376 g/mol. The van der Waals surface area contributed by atoms with Crippen LogP contribution >= 0.6 is 12.4 Å². The molecule has 26 heavy (non-hydrogen) atoms. The van der Waals surface area contributed by atoms with Gasteiger partial charge in [0, 0.05) is 44.7 Å². The lowest BCUT2D eigenvalue weighted by molar-refractivity contribution is -0.132. The van der Waals surface area contributed by atoms with E-state index in [-0.39, 0.29) is 29.3 Å². The van der Waals surface area contributed by atoms with Gasteiger partial charge in [0.2, 0.25) is 5.91 Å². The summed E-state index contributed by atoms with van der Waals surface area (Å²) in [5.74, 6) is 0.563. The number of carbonyl (C=O) groups excluding carboxylic acids is 1. The van der Waals surface area contributed by atoms with Crippen molar-refractivity contribution in [2.75, 3.05) is 26.7 Å². The maximum Gasteiger partial charge on any atom is 0.285 e. The first kappa shape index (κ1) is 20.7. The number of hydrogen-bond donors (Lipinski definition) is 1. The Balaban J connectivity index is 0.00000243. The Morgan fingerprint density at radius 1 is 1.38 bits per heavy atom. The molecule has 0 saturated carbocycles. The topological polar surface area (TPSA) is 96.1 Å². The molecule has 2 N–H and O–H groups in total. The number of nitrogens with two attached hydrogens (primary N) is 1. The molecule has 1 aromatic carbocycles. The number of likely N-dealkylation sites (tertiary alicyclic amines) is 1. The number of hydrogen-bond acceptors (Lipinski definition) is 5. The van der Waals surface area contributed by atoms with Crippen LogP contribution in [-0.2, 0) is 14.8 Å². The van der Waals surface area contributed by atoms with Crippen LogP contribution in [0.2, 0.25) is 0 Å². The number of rotatable bonds is 4. The van der Waals surface area contributed by atoms with Crippen molar-refractivity contribution in [3.05, 3.63) is 29.8 Å². The van der Waals surface area contributed by atoms with Gasteiger partial charge in [-0.15, -0.1) is 16.8 Å². The van der Waals surface area contributed by atoms with E-state index in [4.69, 9.17) is 5.73 Å². The van der Waals surface area contributed by atoms with Gasteiger partial charge < -0.3 is 15.5 Å². The minimum atomic E-state index is -3.61. The number of sulfonamides is 1. The molecule has 7 nitrogen and oxygen atoms in total. The fourth-order valence-electron chi connectivity index (χ4n) is 3.33. The van der Waals surface area contributed by atoms with Crippen molar-refractivity contribution in [1.82, 2.24) is 9.80 Å². The van der Waals surface area contributed by atoms with Gasteiger partial charge in [-0.2, -0.15) is 8.42 Å². The van der Waals surface area contributed by atoms with Crippen molar-refractivity contribution in [2.24, 2.45) is 10.1 Å². The van der Waals surface area contributed by atoms with Crippen LogP contribution in [0.4, 0.5) is 0 Å². The number of benzene rings is 1. The Kier molecular flexibility index (Phi) is 6.65. The van der Waals surface area contributed by atoms with Gasteiger partial charge in [-0.25, -0.2) is 0 Å². The summed E-state index contributed by atoms with van der Waals surface area (Å²) < 4.78 is 28.1. The van der Waals surface area contributed by atoms with Crippen LogP contribution in [-0.4, -0.2) is 62.7 Å². The van der Waals surface area contributed by atoms with E-state index in [9.17, 15) is 13.2 Å². The van der Waals surface area contributed by atoms with E-state index >= 15 is 0 Å². The fourth-order valence-corrected chi connectivity index (χ4v) is 4.58. The summed E-state index contributed by atoms with van der Waals surface area (Å²) in [6.45, 7) is 1.97. The fraction of sp³-hybridized carbons (Fsp3) is 0.529. The van der Waals surface area contributed by atoms with E-state index in [0.29, 0.717) is 37.3 Å². The average Bonchev–Trinajstić information content (AvgIpc) is 2.86. The highest BCUT2D eigenvalue weighted by Crippen LogP contribution is 2.27. The zero-order chi connectivity index (χ0) is 18.0. The molecule has 0 aromatic heterocycles. The van der Waals surface area contributed by atoms with Crippen LogP contribution in [0.25, 0.3) is 0 Å². The first-order valence-corrected chi connectivity index (χ1v) is 10.0. The molecule has 1 aromatic rings. The van der Waals surface area contributed by atoms with Gasteiger partial charge in [0.05, 0.1) is 0 Å². The van der Waals surface area contributed by atoms with Crippen molar-refractivity contribution < 1.29 is 13.2 Å². The van der Waals surface area contributed by atoms with Crippen molar-refractivity contribution in [2.45, 2.75) is 36.6 Å². The SMILES string of the molecule is CN(CCCC(=O)N1CCCC(N)C1)C1=NS(=O)(=O)c2ccccc21.Cl. The van der Waals surface area contributed by atoms with Crippen LogP contribution < -0.4 is 5.73 Å². The predicted octanol–water partition coefficient (Wildman–Crippen LogP) is 1.22. The average molecular weight is 401 g/mol. The Labute approximate surface area is 160 Å². The number of nitrogens with zero attached hydrogens (tertiary/aromatic N) is 3. The van der Waals surface area contributed by atoms with Gasteiger partial charge in [0.1, 0.15) is 10.7 Å². The van der Waals surface area contributed by atoms with Crippen molar-refractivity contribution in [1.29, 1.82) is 0 Å². The second kappa shape index (κ2) is 8.37. The van der Waals surface area contributed by atoms with E-state index < -0.39 is 10.0 Å². The minimum absolute atomic E-state index is 0. The maximum atomic E-state index is 12.3. The highest BCUT2D eigenvalue weighted by Gasteiger charge is 2.30. The first-order chi connectivity index (χ1) is 11.9. The van der Waals surface area contributed by atoms with Gasteiger partial charge in [0.25, 0.3) is 10.0 Å². The quantitative estimate of drug-likeness (QED) is 0.819. The van der Waals surface area contributed by atoms with E-state index in [1.807, 2.05) is 4.90 Å². The highest BCUT2D eigenvalue weighted by atomic mass is 35.5. The molecule has 0 bridgehead atoms. The lowest BCUT2D eigenvalue weighted by Crippen LogP contribution is -2.45. The molecule has 0 spiro atoms. The highest BCUT2D eigenvalue weighted by molar-refractivity contribution is 7.90. The van der Waals surface area contributed by atoms with Crippen LogP contribution in [0.15, 0.2) is 33.6 Å². The summed E-state index contributed by atoms with van der Waals surface area (Å²) in [6.07, 6.45) is 3.00. The summed E-state index contributed by atoms with van der Waals surface area (Å²) in [4.78, 5) is 16.2. The summed E-state index contributed by atoms with van der Waals surface area (Å²) in [5.41, 5.74) is 6.54. The van der Waals surface area contributed by atoms with Crippen LogP contribution in [0.5, 0.6) is 0 Å². The largest absolute Gasteiger partial charge is 0.358 e. The Bertz CT molecular complexity index is 797. The first-order valence-electron chi connectivity index (χ1n) is 8.57. The second-order valence-electron chi connectivity index (χ2n) is 6.65. The summed E-state index contributed by atoms with van der Waals surface area (Å²) in [5, 5.41) is 0. The molecule has 144 valence electrons. The van der Waals surface area contributed by atoms with E-state index in [1.54, 1.807) is 36.2 Å².